The molecule has 1 saturated heterocycles. The maximum Gasteiger partial charge on any atom is 0.322 e. The average molecular weight is 130 g/mol. The summed E-state index contributed by atoms with van der Waals surface area (Å²) >= 11 is 0. The fraction of sp³-hybridized carbons (Fsp3) is 0.800. The van der Waals surface area contributed by atoms with Crippen LogP contribution in [0.1, 0.15) is 6.42 Å². The second-order valence-electron chi connectivity index (χ2n) is 2.22. The van der Waals surface area contributed by atoms with Crippen LogP contribution in [0, 0.1) is 0 Å². The molecule has 1 aliphatic rings. The van der Waals surface area contributed by atoms with Gasteiger partial charge in [0.05, 0.1) is 0 Å². The monoisotopic (exact) mass is 130 g/mol. The summed E-state index contributed by atoms with van der Waals surface area (Å²) < 4.78 is 0. The van der Waals surface area contributed by atoms with Crippen LogP contribution in [0.25, 0.3) is 0 Å². The molecule has 0 aliphatic carbocycles. The van der Waals surface area contributed by atoms with Crippen molar-refractivity contribution in [3.8, 4) is 0 Å². The van der Waals surface area contributed by atoms with Crippen LogP contribution in [0.5, 0.6) is 0 Å². The van der Waals surface area contributed by atoms with Crippen LogP contribution >= 0.6 is 0 Å². The number of nitrogens with one attached hydrogen (secondary N) is 1. The summed E-state index contributed by atoms with van der Waals surface area (Å²) in [5, 5.41) is 11.2. The lowest BCUT2D eigenvalue weighted by molar-refractivity contribution is -0.139. The van der Waals surface area contributed by atoms with Gasteiger partial charge < -0.3 is 16.2 Å². The Morgan fingerprint density at radius 1 is 1.78 bits per heavy atom. The van der Waals surface area contributed by atoms with Crippen LogP contribution in [0.4, 0.5) is 0 Å². The normalized spacial score (nSPS) is 34.8. The van der Waals surface area contributed by atoms with E-state index in [0.717, 1.165) is 13.0 Å². The highest BCUT2D eigenvalue weighted by Gasteiger charge is 2.28. The van der Waals surface area contributed by atoms with Crippen molar-refractivity contribution in [3.05, 3.63) is 0 Å². The molecule has 4 heteroatoms. The molecule has 1 aliphatic heterocycles. The lowest BCUT2D eigenvalue weighted by Crippen LogP contribution is -2.42. The summed E-state index contributed by atoms with van der Waals surface area (Å²) in [5.41, 5.74) is 5.44. The summed E-state index contributed by atoms with van der Waals surface area (Å²) in [7, 11) is 0. The molecular weight excluding hydrogens is 120 g/mol. The molecule has 0 saturated carbocycles. The Morgan fingerprint density at radius 2 is 2.44 bits per heavy atom. The van der Waals surface area contributed by atoms with Gasteiger partial charge in [-0.3, -0.25) is 4.79 Å². The fourth-order valence-electron chi connectivity index (χ4n) is 0.994. The first kappa shape index (κ1) is 6.51. The third-order valence-electron chi connectivity index (χ3n) is 1.54. The van der Waals surface area contributed by atoms with E-state index in [1.165, 1.54) is 0 Å². The van der Waals surface area contributed by atoms with Gasteiger partial charge in [-0.2, -0.15) is 0 Å². The van der Waals surface area contributed by atoms with Crippen molar-refractivity contribution in [2.24, 2.45) is 5.73 Å². The number of carboxylic acid groups (broad SMARTS) is 1. The zero-order valence-electron chi connectivity index (χ0n) is 5.00. The van der Waals surface area contributed by atoms with Crippen LogP contribution in [0.2, 0.25) is 0 Å². The van der Waals surface area contributed by atoms with E-state index in [1.807, 2.05) is 0 Å². The van der Waals surface area contributed by atoms with E-state index in [-0.39, 0.29) is 6.04 Å². The molecular formula is C5H10N2O2. The van der Waals surface area contributed by atoms with E-state index >= 15 is 0 Å². The van der Waals surface area contributed by atoms with E-state index < -0.39 is 12.0 Å². The van der Waals surface area contributed by atoms with Crippen LogP contribution in [-0.2, 0) is 4.79 Å². The molecule has 9 heavy (non-hydrogen) atoms. The first-order chi connectivity index (χ1) is 4.22. The molecule has 2 atom stereocenters. The predicted octanol–water partition coefficient (Wildman–Crippen LogP) is -1.24. The molecule has 52 valence electrons. The molecule has 0 aromatic heterocycles. The lowest BCUT2D eigenvalue weighted by atomic mass is 10.1. The standard InChI is InChI=1S/C5H10N2O2/c6-3-1-2-7-4(3)5(8)9/h3-4,7H,1-2,6H2,(H,8,9)/t3?,4-/m0/s1. The van der Waals surface area contributed by atoms with Gasteiger partial charge in [-0.05, 0) is 13.0 Å². The minimum absolute atomic E-state index is 0.206. The van der Waals surface area contributed by atoms with Crippen molar-refractivity contribution in [1.29, 1.82) is 0 Å². The van der Waals surface area contributed by atoms with Gasteiger partial charge in [-0.15, -0.1) is 0 Å². The van der Waals surface area contributed by atoms with Crippen molar-refractivity contribution < 1.29 is 9.90 Å². The number of aliphatic carboxylic acids is 1. The zero-order valence-corrected chi connectivity index (χ0v) is 5.00. The van der Waals surface area contributed by atoms with Gasteiger partial charge >= 0.3 is 5.97 Å². The van der Waals surface area contributed by atoms with Crippen LogP contribution in [0.15, 0.2) is 0 Å². The van der Waals surface area contributed by atoms with Crippen LogP contribution in [-0.4, -0.2) is 29.7 Å². The minimum atomic E-state index is -0.847. The highest BCUT2D eigenvalue weighted by molar-refractivity contribution is 5.74. The summed E-state index contributed by atoms with van der Waals surface area (Å²) in [6, 6.07) is -0.729. The van der Waals surface area contributed by atoms with Crippen molar-refractivity contribution in [3.63, 3.8) is 0 Å². The SMILES string of the molecule is NC1CCN[C@@H]1C(=O)O. The molecule has 0 amide bonds. The van der Waals surface area contributed by atoms with E-state index in [4.69, 9.17) is 10.8 Å². The maximum atomic E-state index is 10.3. The molecule has 0 spiro atoms. The number of carboxylic acids is 1. The van der Waals surface area contributed by atoms with Gasteiger partial charge in [-0.25, -0.2) is 0 Å². The van der Waals surface area contributed by atoms with Gasteiger partial charge in [0.15, 0.2) is 0 Å². The molecule has 1 rings (SSSR count). The Morgan fingerprint density at radius 3 is 2.67 bits per heavy atom. The highest BCUT2D eigenvalue weighted by atomic mass is 16.4. The Kier molecular flexibility index (Phi) is 1.68. The molecule has 1 fully saturated rings. The number of hydrogen-bond donors (Lipinski definition) is 3. The van der Waals surface area contributed by atoms with Gasteiger partial charge in [0.25, 0.3) is 0 Å². The molecule has 0 aromatic carbocycles. The quantitative estimate of drug-likeness (QED) is 0.415. The predicted molar refractivity (Wildman–Crippen MR) is 32.0 cm³/mol. The van der Waals surface area contributed by atoms with E-state index in [2.05, 4.69) is 5.32 Å². The van der Waals surface area contributed by atoms with Gasteiger partial charge in [0, 0.05) is 6.04 Å². The molecule has 1 heterocycles. The Hall–Kier alpha value is -0.610. The lowest BCUT2D eigenvalue weighted by Gasteiger charge is -2.08. The topological polar surface area (TPSA) is 75.3 Å². The molecule has 4 nitrogen and oxygen atoms in total. The fourth-order valence-corrected chi connectivity index (χ4v) is 0.994. The average Bonchev–Trinajstić information content (AvgIpc) is 2.13. The maximum absolute atomic E-state index is 10.3. The third-order valence-corrected chi connectivity index (χ3v) is 1.54. The summed E-state index contributed by atoms with van der Waals surface area (Å²) in [4.78, 5) is 10.3. The Balaban J connectivity index is 2.49. The number of nitrogens with two attached hydrogens (primary N) is 1. The van der Waals surface area contributed by atoms with Crippen molar-refractivity contribution in [1.82, 2.24) is 5.32 Å². The van der Waals surface area contributed by atoms with Gasteiger partial charge in [-0.1, -0.05) is 0 Å². The first-order valence-electron chi connectivity index (χ1n) is 2.93. The minimum Gasteiger partial charge on any atom is -0.480 e. The molecule has 0 radical (unpaired) electrons. The van der Waals surface area contributed by atoms with Crippen LogP contribution < -0.4 is 11.1 Å². The first-order valence-corrected chi connectivity index (χ1v) is 2.93. The molecule has 4 N–H and O–H groups in total. The van der Waals surface area contributed by atoms with Crippen LogP contribution in [0.3, 0.4) is 0 Å². The second kappa shape index (κ2) is 2.33. The second-order valence-corrected chi connectivity index (χ2v) is 2.22. The van der Waals surface area contributed by atoms with Gasteiger partial charge in [0.2, 0.25) is 0 Å². The van der Waals surface area contributed by atoms with E-state index in [0.29, 0.717) is 0 Å². The number of rotatable bonds is 1. The summed E-state index contributed by atoms with van der Waals surface area (Å²) in [6.07, 6.45) is 0.761. The Labute approximate surface area is 53.0 Å². The molecule has 0 aromatic rings. The number of hydrogen-bond acceptors (Lipinski definition) is 3. The van der Waals surface area contributed by atoms with E-state index in [9.17, 15) is 4.79 Å². The Bertz CT molecular complexity index is 126. The van der Waals surface area contributed by atoms with Crippen molar-refractivity contribution in [2.45, 2.75) is 18.5 Å². The summed E-state index contributed by atoms with van der Waals surface area (Å²) in [5.74, 6) is -0.847. The van der Waals surface area contributed by atoms with Crippen molar-refractivity contribution >= 4 is 5.97 Å². The van der Waals surface area contributed by atoms with E-state index in [1.54, 1.807) is 0 Å². The smallest absolute Gasteiger partial charge is 0.322 e. The summed E-state index contributed by atoms with van der Waals surface area (Å²) in [6.45, 7) is 0.720. The number of carbonyl (C=O) groups is 1. The molecule has 0 bridgehead atoms. The third kappa shape index (κ3) is 1.20. The van der Waals surface area contributed by atoms with Crippen molar-refractivity contribution in [2.75, 3.05) is 6.54 Å². The van der Waals surface area contributed by atoms with Gasteiger partial charge in [0.1, 0.15) is 6.04 Å². The largest absolute Gasteiger partial charge is 0.480 e. The highest BCUT2D eigenvalue weighted by Crippen LogP contribution is 2.02. The molecule has 1 unspecified atom stereocenters. The zero-order chi connectivity index (χ0) is 6.85.